The van der Waals surface area contributed by atoms with Gasteiger partial charge in [0.2, 0.25) is 0 Å². The van der Waals surface area contributed by atoms with Gasteiger partial charge in [0.1, 0.15) is 9.79 Å². The Labute approximate surface area is 62.9 Å². The zero-order valence-electron chi connectivity index (χ0n) is 4.81. The van der Waals surface area contributed by atoms with E-state index >= 15 is 0 Å². The number of hydrogen-bond donors (Lipinski definition) is 1. The number of aromatic nitrogens is 2. The number of nitrogens with one attached hydrogen (secondary N) is 1. The highest BCUT2D eigenvalue weighted by atomic mass is 35.5. The Balaban J connectivity index is 3.34. The van der Waals surface area contributed by atoms with E-state index in [-0.39, 0.29) is 0 Å². The minimum Gasteiger partial charge on any atom is -0.349 e. The van der Waals surface area contributed by atoms with Crippen molar-refractivity contribution in [1.82, 2.24) is 9.97 Å². The molecule has 1 aromatic rings. The van der Waals surface area contributed by atoms with Crippen molar-refractivity contribution in [3.05, 3.63) is 21.7 Å². The van der Waals surface area contributed by atoms with Crippen molar-refractivity contribution in [3.8, 4) is 0 Å². The maximum absolute atomic E-state index is 5.53. The molecule has 0 unspecified atom stereocenters. The fourth-order valence-corrected chi connectivity index (χ4v) is 0.759. The van der Waals surface area contributed by atoms with E-state index in [1.165, 1.54) is 0 Å². The molecular formula is C5H5ClN2S. The van der Waals surface area contributed by atoms with Gasteiger partial charge in [-0.05, 0) is 6.92 Å². The van der Waals surface area contributed by atoms with Gasteiger partial charge in [-0.25, -0.2) is 4.98 Å². The third-order valence-corrected chi connectivity index (χ3v) is 1.53. The molecule has 0 saturated carbocycles. The summed E-state index contributed by atoms with van der Waals surface area (Å²) in [6.45, 7) is 1.81. The average Bonchev–Trinajstić information content (AvgIpc) is 1.80. The number of halogens is 1. The van der Waals surface area contributed by atoms with E-state index in [0.29, 0.717) is 9.79 Å². The monoisotopic (exact) mass is 160 g/mol. The van der Waals surface area contributed by atoms with E-state index in [9.17, 15) is 0 Å². The summed E-state index contributed by atoms with van der Waals surface area (Å²) in [5, 5.41) is 0.445. The zero-order chi connectivity index (χ0) is 6.85. The summed E-state index contributed by atoms with van der Waals surface area (Å²) in [6, 6.07) is 0. The van der Waals surface area contributed by atoms with E-state index in [2.05, 4.69) is 9.97 Å². The Morgan fingerprint density at radius 1 is 1.78 bits per heavy atom. The summed E-state index contributed by atoms with van der Waals surface area (Å²) in [4.78, 5) is 6.69. The lowest BCUT2D eigenvalue weighted by Crippen LogP contribution is -1.84. The number of H-pyrrole nitrogens is 1. The lowest BCUT2D eigenvalue weighted by Gasteiger charge is -1.90. The summed E-state index contributed by atoms with van der Waals surface area (Å²) in [5.74, 6) is 0. The normalized spacial score (nSPS) is 9.56. The van der Waals surface area contributed by atoms with Crippen LogP contribution in [0.3, 0.4) is 0 Å². The first kappa shape index (κ1) is 6.71. The zero-order valence-corrected chi connectivity index (χ0v) is 6.38. The number of rotatable bonds is 0. The molecule has 0 saturated heterocycles. The molecule has 0 aliphatic carbocycles. The van der Waals surface area contributed by atoms with Crippen LogP contribution >= 0.6 is 23.8 Å². The van der Waals surface area contributed by atoms with Crippen molar-refractivity contribution in [1.29, 1.82) is 0 Å². The Morgan fingerprint density at radius 3 is 2.89 bits per heavy atom. The maximum Gasteiger partial charge on any atom is 0.145 e. The first-order valence-corrected chi connectivity index (χ1v) is 3.20. The molecule has 4 heteroatoms. The number of hydrogen-bond acceptors (Lipinski definition) is 2. The predicted octanol–water partition coefficient (Wildman–Crippen LogP) is 2.10. The van der Waals surface area contributed by atoms with Gasteiger partial charge in [-0.3, -0.25) is 0 Å². The number of aryl methyl sites for hydroxylation is 1. The molecule has 0 aliphatic heterocycles. The van der Waals surface area contributed by atoms with Crippen molar-refractivity contribution in [3.63, 3.8) is 0 Å². The fraction of sp³-hybridized carbons (Fsp3) is 0.200. The Hall–Kier alpha value is -0.410. The fourth-order valence-electron chi connectivity index (χ4n) is 0.473. The van der Waals surface area contributed by atoms with Gasteiger partial charge in [0.15, 0.2) is 0 Å². The van der Waals surface area contributed by atoms with Gasteiger partial charge in [0.25, 0.3) is 0 Å². The molecule has 0 atom stereocenters. The van der Waals surface area contributed by atoms with Crippen LogP contribution in [0.5, 0.6) is 0 Å². The van der Waals surface area contributed by atoms with Crippen LogP contribution in [0, 0.1) is 11.6 Å². The third kappa shape index (κ3) is 1.50. The molecule has 0 radical (unpaired) electrons. The molecule has 48 valence electrons. The van der Waals surface area contributed by atoms with Crippen LogP contribution in [0.15, 0.2) is 6.20 Å². The second kappa shape index (κ2) is 2.45. The lowest BCUT2D eigenvalue weighted by molar-refractivity contribution is 1.10. The van der Waals surface area contributed by atoms with Gasteiger partial charge in [0, 0.05) is 6.20 Å². The van der Waals surface area contributed by atoms with Crippen LogP contribution < -0.4 is 0 Å². The van der Waals surface area contributed by atoms with Gasteiger partial charge < -0.3 is 4.98 Å². The molecule has 1 N–H and O–H groups in total. The van der Waals surface area contributed by atoms with Gasteiger partial charge >= 0.3 is 0 Å². The van der Waals surface area contributed by atoms with Crippen molar-refractivity contribution >= 4 is 23.8 Å². The van der Waals surface area contributed by atoms with Crippen molar-refractivity contribution in [2.75, 3.05) is 0 Å². The SMILES string of the molecule is Cc1nc(Cl)c[nH]c1=S. The summed E-state index contributed by atoms with van der Waals surface area (Å²) in [7, 11) is 0. The van der Waals surface area contributed by atoms with E-state index in [4.69, 9.17) is 23.8 Å². The molecule has 2 nitrogen and oxygen atoms in total. The van der Waals surface area contributed by atoms with Gasteiger partial charge in [-0.2, -0.15) is 0 Å². The van der Waals surface area contributed by atoms with Crippen LogP contribution in [0.2, 0.25) is 5.15 Å². The molecule has 1 rings (SSSR count). The molecule has 0 fully saturated rings. The Kier molecular flexibility index (Phi) is 1.83. The number of aromatic amines is 1. The van der Waals surface area contributed by atoms with Crippen molar-refractivity contribution in [2.45, 2.75) is 6.92 Å². The van der Waals surface area contributed by atoms with E-state index in [1.807, 2.05) is 6.92 Å². The van der Waals surface area contributed by atoms with Crippen molar-refractivity contribution < 1.29 is 0 Å². The third-order valence-electron chi connectivity index (χ3n) is 0.925. The largest absolute Gasteiger partial charge is 0.349 e. The molecule has 1 heterocycles. The minimum atomic E-state index is 0.445. The average molecular weight is 161 g/mol. The van der Waals surface area contributed by atoms with Gasteiger partial charge in [0.05, 0.1) is 5.69 Å². The quantitative estimate of drug-likeness (QED) is 0.589. The summed E-state index contributed by atoms with van der Waals surface area (Å²) >= 11 is 10.4. The molecule has 0 aromatic carbocycles. The molecule has 0 spiro atoms. The number of nitrogens with zero attached hydrogens (tertiary/aromatic N) is 1. The van der Waals surface area contributed by atoms with Crippen LogP contribution in [0.25, 0.3) is 0 Å². The van der Waals surface area contributed by atoms with E-state index in [1.54, 1.807) is 6.20 Å². The summed E-state index contributed by atoms with van der Waals surface area (Å²) in [5.41, 5.74) is 0.762. The smallest absolute Gasteiger partial charge is 0.145 e. The minimum absolute atomic E-state index is 0.445. The topological polar surface area (TPSA) is 28.7 Å². The molecule has 1 aromatic heterocycles. The summed E-state index contributed by atoms with van der Waals surface area (Å²) < 4.78 is 0.638. The Morgan fingerprint density at radius 2 is 2.44 bits per heavy atom. The highest BCUT2D eigenvalue weighted by Gasteiger charge is 1.89. The second-order valence-corrected chi connectivity index (χ2v) is 2.43. The molecule has 9 heavy (non-hydrogen) atoms. The van der Waals surface area contributed by atoms with E-state index < -0.39 is 0 Å². The summed E-state index contributed by atoms with van der Waals surface area (Å²) in [6.07, 6.45) is 1.57. The highest BCUT2D eigenvalue weighted by molar-refractivity contribution is 7.71. The molecular weight excluding hydrogens is 156 g/mol. The molecule has 0 bridgehead atoms. The lowest BCUT2D eigenvalue weighted by atomic mass is 10.5. The maximum atomic E-state index is 5.53. The molecule has 0 amide bonds. The Bertz CT molecular complexity index is 268. The standard InChI is InChI=1S/C5H5ClN2S/c1-3-5(9)7-2-4(6)8-3/h2H,1H3,(H,7,9). The van der Waals surface area contributed by atoms with Gasteiger partial charge in [-0.1, -0.05) is 23.8 Å². The van der Waals surface area contributed by atoms with E-state index in [0.717, 1.165) is 5.69 Å². The van der Waals surface area contributed by atoms with Gasteiger partial charge in [-0.15, -0.1) is 0 Å². The predicted molar refractivity (Wildman–Crippen MR) is 39.2 cm³/mol. The van der Waals surface area contributed by atoms with Crippen LogP contribution in [0.1, 0.15) is 5.69 Å². The molecule has 0 aliphatic rings. The first-order valence-electron chi connectivity index (χ1n) is 2.42. The second-order valence-electron chi connectivity index (χ2n) is 1.64. The van der Waals surface area contributed by atoms with Crippen LogP contribution in [-0.2, 0) is 0 Å². The first-order chi connectivity index (χ1) is 4.20. The van der Waals surface area contributed by atoms with Crippen molar-refractivity contribution in [2.24, 2.45) is 0 Å². The highest BCUT2D eigenvalue weighted by Crippen LogP contribution is 2.02. The van der Waals surface area contributed by atoms with Crippen LogP contribution in [0.4, 0.5) is 0 Å². The van der Waals surface area contributed by atoms with Crippen LogP contribution in [-0.4, -0.2) is 9.97 Å².